The summed E-state index contributed by atoms with van der Waals surface area (Å²) in [5, 5.41) is 0. The van der Waals surface area contributed by atoms with Crippen LogP contribution in [0, 0.1) is 0 Å². The number of hydrogen-bond acceptors (Lipinski definition) is 2. The molecule has 72 valence electrons. The molecule has 3 nitrogen and oxygen atoms in total. The van der Waals surface area contributed by atoms with E-state index in [9.17, 15) is 0 Å². The molecule has 0 fully saturated rings. The minimum Gasteiger partial charge on any atom is -0.333 e. The van der Waals surface area contributed by atoms with Crippen molar-refractivity contribution in [2.75, 3.05) is 6.54 Å². The Kier molecular flexibility index (Phi) is 2.36. The van der Waals surface area contributed by atoms with Gasteiger partial charge >= 0.3 is 0 Å². The number of aryl methyl sites for hydroxylation is 1. The van der Waals surface area contributed by atoms with E-state index in [-0.39, 0.29) is 0 Å². The Morgan fingerprint density at radius 2 is 2.23 bits per heavy atom. The van der Waals surface area contributed by atoms with Gasteiger partial charge in [0.05, 0.1) is 12.0 Å². The standard InChI is InChI=1S/C10H17N3/c1-9(2)12-4-3-5-13-8-11-6-10(13)7-12/h6,8-9H,3-5,7H2,1-2H3. The van der Waals surface area contributed by atoms with Gasteiger partial charge in [0, 0.05) is 31.9 Å². The number of nitrogens with zero attached hydrogens (tertiary/aromatic N) is 3. The van der Waals surface area contributed by atoms with Crippen LogP contribution < -0.4 is 0 Å². The minimum absolute atomic E-state index is 0.640. The van der Waals surface area contributed by atoms with E-state index in [0.717, 1.165) is 13.1 Å². The average molecular weight is 179 g/mol. The fourth-order valence-electron chi connectivity index (χ4n) is 1.85. The first kappa shape index (κ1) is 8.75. The molecule has 2 heterocycles. The van der Waals surface area contributed by atoms with Crippen LogP contribution in [0.4, 0.5) is 0 Å². The van der Waals surface area contributed by atoms with Gasteiger partial charge in [-0.1, -0.05) is 0 Å². The van der Waals surface area contributed by atoms with Crippen molar-refractivity contribution in [2.45, 2.75) is 39.4 Å². The summed E-state index contributed by atoms with van der Waals surface area (Å²) >= 11 is 0. The number of fused-ring (bicyclic) bond motifs is 1. The fourth-order valence-corrected chi connectivity index (χ4v) is 1.85. The van der Waals surface area contributed by atoms with Gasteiger partial charge in [0.1, 0.15) is 0 Å². The molecule has 1 aliphatic heterocycles. The molecule has 0 amide bonds. The van der Waals surface area contributed by atoms with Gasteiger partial charge in [-0.3, -0.25) is 4.90 Å². The highest BCUT2D eigenvalue weighted by molar-refractivity contribution is 4.99. The second-order valence-corrected chi connectivity index (χ2v) is 4.00. The summed E-state index contributed by atoms with van der Waals surface area (Å²) in [6.45, 7) is 7.90. The Labute approximate surface area is 79.4 Å². The fraction of sp³-hybridized carbons (Fsp3) is 0.700. The summed E-state index contributed by atoms with van der Waals surface area (Å²) in [6.07, 6.45) is 5.17. The van der Waals surface area contributed by atoms with E-state index in [4.69, 9.17) is 0 Å². The number of imidazole rings is 1. The first-order chi connectivity index (χ1) is 6.27. The van der Waals surface area contributed by atoms with Gasteiger partial charge in [0.2, 0.25) is 0 Å². The van der Waals surface area contributed by atoms with Crippen molar-refractivity contribution in [1.29, 1.82) is 0 Å². The first-order valence-electron chi connectivity index (χ1n) is 5.00. The molecular weight excluding hydrogens is 162 g/mol. The lowest BCUT2D eigenvalue weighted by Gasteiger charge is -2.23. The van der Waals surface area contributed by atoms with E-state index in [2.05, 4.69) is 28.3 Å². The normalized spacial score (nSPS) is 18.7. The van der Waals surface area contributed by atoms with Crippen molar-refractivity contribution < 1.29 is 0 Å². The lowest BCUT2D eigenvalue weighted by atomic mass is 10.3. The Morgan fingerprint density at radius 1 is 1.38 bits per heavy atom. The van der Waals surface area contributed by atoms with Crippen LogP contribution in [-0.4, -0.2) is 27.0 Å². The Hall–Kier alpha value is -0.830. The summed E-state index contributed by atoms with van der Waals surface area (Å²) < 4.78 is 2.27. The summed E-state index contributed by atoms with van der Waals surface area (Å²) in [6, 6.07) is 0.640. The van der Waals surface area contributed by atoms with Crippen LogP contribution >= 0.6 is 0 Å². The number of aromatic nitrogens is 2. The molecule has 1 aliphatic rings. The van der Waals surface area contributed by atoms with E-state index < -0.39 is 0 Å². The van der Waals surface area contributed by atoms with Crippen molar-refractivity contribution in [2.24, 2.45) is 0 Å². The predicted molar refractivity (Wildman–Crippen MR) is 52.4 cm³/mol. The number of hydrogen-bond donors (Lipinski definition) is 0. The topological polar surface area (TPSA) is 21.1 Å². The lowest BCUT2D eigenvalue weighted by molar-refractivity contribution is 0.216. The largest absolute Gasteiger partial charge is 0.333 e. The third-order valence-electron chi connectivity index (χ3n) is 2.74. The third kappa shape index (κ3) is 1.75. The van der Waals surface area contributed by atoms with Crippen LogP contribution in [0.25, 0.3) is 0 Å². The van der Waals surface area contributed by atoms with Crippen molar-refractivity contribution >= 4 is 0 Å². The van der Waals surface area contributed by atoms with Gasteiger partial charge in [0.25, 0.3) is 0 Å². The summed E-state index contributed by atoms with van der Waals surface area (Å²) in [5.74, 6) is 0. The molecule has 0 aliphatic carbocycles. The monoisotopic (exact) mass is 179 g/mol. The Morgan fingerprint density at radius 3 is 3.00 bits per heavy atom. The summed E-state index contributed by atoms with van der Waals surface area (Å²) in [7, 11) is 0. The van der Waals surface area contributed by atoms with Gasteiger partial charge in [-0.05, 0) is 20.3 Å². The zero-order valence-corrected chi connectivity index (χ0v) is 8.40. The molecule has 0 unspecified atom stereocenters. The van der Waals surface area contributed by atoms with Crippen molar-refractivity contribution in [1.82, 2.24) is 14.5 Å². The summed E-state index contributed by atoms with van der Waals surface area (Å²) in [4.78, 5) is 6.68. The zero-order chi connectivity index (χ0) is 9.26. The van der Waals surface area contributed by atoms with Crippen LogP contribution in [0.1, 0.15) is 26.0 Å². The molecule has 0 saturated carbocycles. The Balaban J connectivity index is 2.17. The van der Waals surface area contributed by atoms with Crippen LogP contribution in [0.5, 0.6) is 0 Å². The van der Waals surface area contributed by atoms with Crippen LogP contribution in [0.2, 0.25) is 0 Å². The third-order valence-corrected chi connectivity index (χ3v) is 2.74. The SMILES string of the molecule is CC(C)N1CCCn2cncc2C1. The summed E-state index contributed by atoms with van der Waals surface area (Å²) in [5.41, 5.74) is 1.35. The molecule has 0 aromatic carbocycles. The molecule has 0 saturated heterocycles. The highest BCUT2D eigenvalue weighted by Gasteiger charge is 2.15. The lowest BCUT2D eigenvalue weighted by Crippen LogP contribution is -2.30. The smallest absolute Gasteiger partial charge is 0.0948 e. The second kappa shape index (κ2) is 3.50. The molecule has 1 aromatic rings. The maximum atomic E-state index is 4.18. The van der Waals surface area contributed by atoms with E-state index in [1.807, 2.05) is 12.5 Å². The van der Waals surface area contributed by atoms with Gasteiger partial charge < -0.3 is 4.57 Å². The maximum Gasteiger partial charge on any atom is 0.0948 e. The van der Waals surface area contributed by atoms with E-state index in [1.54, 1.807) is 0 Å². The van der Waals surface area contributed by atoms with Crippen LogP contribution in [0.3, 0.4) is 0 Å². The van der Waals surface area contributed by atoms with Crippen molar-refractivity contribution in [3.8, 4) is 0 Å². The quantitative estimate of drug-likeness (QED) is 0.651. The van der Waals surface area contributed by atoms with E-state index >= 15 is 0 Å². The van der Waals surface area contributed by atoms with Gasteiger partial charge in [-0.25, -0.2) is 4.98 Å². The molecular formula is C10H17N3. The molecule has 0 N–H and O–H groups in total. The van der Waals surface area contributed by atoms with E-state index in [1.165, 1.54) is 18.7 Å². The van der Waals surface area contributed by atoms with Gasteiger partial charge in [-0.2, -0.15) is 0 Å². The molecule has 2 rings (SSSR count). The number of rotatable bonds is 1. The van der Waals surface area contributed by atoms with Crippen molar-refractivity contribution in [3.63, 3.8) is 0 Å². The predicted octanol–water partition coefficient (Wildman–Crippen LogP) is 1.50. The molecule has 1 aromatic heterocycles. The average Bonchev–Trinajstić information content (AvgIpc) is 2.42. The molecule has 0 radical (unpaired) electrons. The van der Waals surface area contributed by atoms with E-state index in [0.29, 0.717) is 6.04 Å². The molecule has 0 atom stereocenters. The Bertz CT molecular complexity index is 277. The molecule has 13 heavy (non-hydrogen) atoms. The minimum atomic E-state index is 0.640. The second-order valence-electron chi connectivity index (χ2n) is 4.00. The zero-order valence-electron chi connectivity index (χ0n) is 8.40. The van der Waals surface area contributed by atoms with Crippen molar-refractivity contribution in [3.05, 3.63) is 18.2 Å². The maximum absolute atomic E-state index is 4.18. The van der Waals surface area contributed by atoms with Crippen LogP contribution in [-0.2, 0) is 13.1 Å². The highest BCUT2D eigenvalue weighted by Crippen LogP contribution is 2.13. The van der Waals surface area contributed by atoms with Gasteiger partial charge in [0.15, 0.2) is 0 Å². The molecule has 0 bridgehead atoms. The first-order valence-corrected chi connectivity index (χ1v) is 5.00. The molecule has 3 heteroatoms. The van der Waals surface area contributed by atoms with Crippen LogP contribution in [0.15, 0.2) is 12.5 Å². The van der Waals surface area contributed by atoms with Gasteiger partial charge in [-0.15, -0.1) is 0 Å². The highest BCUT2D eigenvalue weighted by atomic mass is 15.2. The molecule has 0 spiro atoms.